The molecule has 0 aromatic heterocycles. The minimum atomic E-state index is -1.24. The number of alkyl halides is 1. The molecule has 1 spiro atoms. The van der Waals surface area contributed by atoms with Crippen LogP contribution in [0.15, 0.2) is 43.5 Å². The van der Waals surface area contributed by atoms with Crippen LogP contribution in [-0.4, -0.2) is 76.2 Å². The number of aliphatic hydroxyl groups excluding tert-OH is 1. The van der Waals surface area contributed by atoms with Crippen LogP contribution in [0.25, 0.3) is 0 Å². The number of anilines is 1. The normalized spacial score (nSPS) is 29.9. The summed E-state index contributed by atoms with van der Waals surface area (Å²) in [6.45, 7) is 15.3. The lowest BCUT2D eigenvalue weighted by Gasteiger charge is -2.40. The van der Waals surface area contributed by atoms with Gasteiger partial charge in [0, 0.05) is 17.1 Å². The van der Waals surface area contributed by atoms with Gasteiger partial charge in [0.2, 0.25) is 5.91 Å². The van der Waals surface area contributed by atoms with Gasteiger partial charge in [-0.25, -0.2) is 0 Å². The van der Waals surface area contributed by atoms with E-state index in [0.717, 1.165) is 16.8 Å². The van der Waals surface area contributed by atoms with E-state index in [9.17, 15) is 19.5 Å². The first-order valence-electron chi connectivity index (χ1n) is 13.5. The molecule has 9 heteroatoms. The van der Waals surface area contributed by atoms with Gasteiger partial charge in [0.15, 0.2) is 0 Å². The van der Waals surface area contributed by atoms with Crippen molar-refractivity contribution in [2.45, 2.75) is 69.2 Å². The fourth-order valence-electron chi connectivity index (χ4n) is 6.87. The minimum Gasteiger partial charge on any atom is -0.461 e. The number of esters is 1. The second kappa shape index (κ2) is 11.6. The summed E-state index contributed by atoms with van der Waals surface area (Å²) in [6.07, 6.45) is 3.39. The molecule has 8 nitrogen and oxygen atoms in total. The Morgan fingerprint density at radius 2 is 1.95 bits per heavy atom. The maximum absolute atomic E-state index is 14.8. The predicted octanol–water partition coefficient (Wildman–Crippen LogP) is 3.71. The number of benzene rings is 1. The average Bonchev–Trinajstić information content (AvgIpc) is 3.48. The summed E-state index contributed by atoms with van der Waals surface area (Å²) in [6, 6.07) is 4.17. The zero-order valence-electron chi connectivity index (χ0n) is 23.1. The van der Waals surface area contributed by atoms with Crippen molar-refractivity contribution in [1.29, 1.82) is 0 Å². The largest absolute Gasteiger partial charge is 0.461 e. The van der Waals surface area contributed by atoms with Gasteiger partial charge in [-0.2, -0.15) is 0 Å². The number of hydrogen-bond acceptors (Lipinski definition) is 6. The molecule has 0 saturated carbocycles. The monoisotopic (exact) mass is 602 g/mol. The molecule has 0 aliphatic carbocycles. The van der Waals surface area contributed by atoms with Crippen LogP contribution in [-0.2, 0) is 23.9 Å². The van der Waals surface area contributed by atoms with E-state index in [1.54, 1.807) is 11.0 Å². The van der Waals surface area contributed by atoms with Crippen LogP contribution < -0.4 is 4.90 Å². The van der Waals surface area contributed by atoms with Crippen LogP contribution in [0, 0.1) is 31.6 Å². The average molecular weight is 604 g/mol. The van der Waals surface area contributed by atoms with E-state index in [0.29, 0.717) is 12.8 Å². The number of aryl methyl sites for hydroxylation is 2. The summed E-state index contributed by atoms with van der Waals surface area (Å²) in [7, 11) is 0. The second-order valence-electron chi connectivity index (χ2n) is 11.3. The molecule has 7 atom stereocenters. The number of ether oxygens (including phenoxy) is 2. The number of halogens is 1. The number of hydrogen-bond donors (Lipinski definition) is 1. The van der Waals surface area contributed by atoms with Gasteiger partial charge in [0.25, 0.3) is 5.91 Å². The van der Waals surface area contributed by atoms with Crippen molar-refractivity contribution >= 4 is 39.4 Å². The topological polar surface area (TPSA) is 96.4 Å². The SMILES string of the molecule is C=CCOC(=O)[C@H]1[C@@H]2OC3(CC2Br)C(C(=O)N(CC=C)c2c(C)cccc2C)N([C@@H](CO)CC(C)C)C(=O)[C@H]13. The number of amides is 2. The van der Waals surface area contributed by atoms with Crippen molar-refractivity contribution < 1.29 is 29.0 Å². The van der Waals surface area contributed by atoms with Gasteiger partial charge in [-0.15, -0.1) is 6.58 Å². The number of likely N-dealkylation sites (tertiary alicyclic amines) is 1. The van der Waals surface area contributed by atoms with Gasteiger partial charge in [0.1, 0.15) is 18.2 Å². The Bertz CT molecular complexity index is 1130. The molecule has 4 rings (SSSR count). The lowest BCUT2D eigenvalue weighted by atomic mass is 9.70. The first-order valence-corrected chi connectivity index (χ1v) is 14.5. The van der Waals surface area contributed by atoms with Crippen molar-refractivity contribution in [2.24, 2.45) is 17.8 Å². The molecule has 0 radical (unpaired) electrons. The minimum absolute atomic E-state index is 0.0152. The predicted molar refractivity (Wildman–Crippen MR) is 153 cm³/mol. The first-order chi connectivity index (χ1) is 18.5. The summed E-state index contributed by atoms with van der Waals surface area (Å²) in [5, 5.41) is 10.5. The molecule has 212 valence electrons. The molecule has 3 saturated heterocycles. The molecular weight excluding hydrogens is 564 g/mol. The third-order valence-electron chi connectivity index (χ3n) is 8.21. The molecule has 3 heterocycles. The van der Waals surface area contributed by atoms with E-state index in [4.69, 9.17) is 9.47 Å². The van der Waals surface area contributed by atoms with Crippen molar-refractivity contribution in [3.8, 4) is 0 Å². The third-order valence-corrected chi connectivity index (χ3v) is 9.06. The Labute approximate surface area is 239 Å². The van der Waals surface area contributed by atoms with Crippen molar-refractivity contribution in [1.82, 2.24) is 4.90 Å². The smallest absolute Gasteiger partial charge is 0.312 e. The summed E-state index contributed by atoms with van der Waals surface area (Å²) in [5.41, 5.74) is 1.34. The Balaban J connectivity index is 1.87. The quantitative estimate of drug-likeness (QED) is 0.236. The number of carbonyl (C=O) groups excluding carboxylic acids is 3. The van der Waals surface area contributed by atoms with Gasteiger partial charge < -0.3 is 24.4 Å². The zero-order chi connectivity index (χ0) is 28.6. The fraction of sp³-hybridized carbons (Fsp3) is 0.567. The molecule has 3 fully saturated rings. The number of para-hydroxylation sites is 1. The molecule has 3 aliphatic heterocycles. The molecule has 2 bridgehead atoms. The van der Waals surface area contributed by atoms with E-state index in [-0.39, 0.29) is 42.3 Å². The van der Waals surface area contributed by atoms with E-state index >= 15 is 0 Å². The Morgan fingerprint density at radius 1 is 1.28 bits per heavy atom. The van der Waals surface area contributed by atoms with Gasteiger partial charge in [-0.1, -0.05) is 66.7 Å². The van der Waals surface area contributed by atoms with Crippen LogP contribution in [0.5, 0.6) is 0 Å². The molecule has 3 aliphatic rings. The van der Waals surface area contributed by atoms with Gasteiger partial charge in [0.05, 0.1) is 30.6 Å². The third kappa shape index (κ3) is 4.87. The number of rotatable bonds is 11. The molecular formula is C30H39BrN2O6. The van der Waals surface area contributed by atoms with Crippen LogP contribution in [0.2, 0.25) is 0 Å². The molecule has 1 aromatic rings. The molecule has 1 N–H and O–H groups in total. The molecule has 2 amide bonds. The highest BCUT2D eigenvalue weighted by molar-refractivity contribution is 9.09. The Hall–Kier alpha value is -2.49. The van der Waals surface area contributed by atoms with Gasteiger partial charge in [-0.3, -0.25) is 14.4 Å². The number of carbonyl (C=O) groups is 3. The summed E-state index contributed by atoms with van der Waals surface area (Å²) >= 11 is 3.68. The highest BCUT2D eigenvalue weighted by atomic mass is 79.9. The van der Waals surface area contributed by atoms with Gasteiger partial charge in [-0.05, 0) is 43.7 Å². The van der Waals surface area contributed by atoms with Crippen molar-refractivity contribution in [3.05, 3.63) is 54.6 Å². The fourth-order valence-corrected chi connectivity index (χ4v) is 7.81. The Kier molecular flexibility index (Phi) is 8.73. The summed E-state index contributed by atoms with van der Waals surface area (Å²) in [5.74, 6) is -2.82. The number of fused-ring (bicyclic) bond motifs is 1. The number of aliphatic hydroxyl groups is 1. The van der Waals surface area contributed by atoms with Crippen molar-refractivity contribution in [2.75, 3.05) is 24.7 Å². The molecule has 3 unspecified atom stereocenters. The van der Waals surface area contributed by atoms with E-state index < -0.39 is 41.6 Å². The van der Waals surface area contributed by atoms with E-state index in [1.165, 1.54) is 11.0 Å². The molecule has 1 aromatic carbocycles. The van der Waals surface area contributed by atoms with Crippen LogP contribution in [0.1, 0.15) is 37.8 Å². The lowest BCUT2D eigenvalue weighted by Crippen LogP contribution is -2.59. The molecule has 39 heavy (non-hydrogen) atoms. The lowest BCUT2D eigenvalue weighted by molar-refractivity contribution is -0.154. The van der Waals surface area contributed by atoms with E-state index in [1.807, 2.05) is 45.9 Å². The highest BCUT2D eigenvalue weighted by Crippen LogP contribution is 2.61. The van der Waals surface area contributed by atoms with Gasteiger partial charge >= 0.3 is 5.97 Å². The highest BCUT2D eigenvalue weighted by Gasteiger charge is 2.77. The first kappa shape index (κ1) is 29.5. The van der Waals surface area contributed by atoms with Crippen molar-refractivity contribution in [3.63, 3.8) is 0 Å². The standard InChI is InChI=1S/C30H39BrN2O6/c1-7-12-32(24-18(5)10-9-11-19(24)6)28(36)26-30-15-21(31)25(39-30)22(29(37)38-13-8-2)23(30)27(35)33(26)20(16-34)14-17(3)4/h7-11,17,20-23,25-26,34H,1-2,12-16H2,3-6H3/t20-,21?,22-,23+,25-,26?,30?/m1/s1. The summed E-state index contributed by atoms with van der Waals surface area (Å²) in [4.78, 5) is 45.3. The maximum Gasteiger partial charge on any atom is 0.312 e. The van der Waals surface area contributed by atoms with Crippen LogP contribution >= 0.6 is 15.9 Å². The number of nitrogens with zero attached hydrogens (tertiary/aromatic N) is 2. The van der Waals surface area contributed by atoms with Crippen LogP contribution in [0.3, 0.4) is 0 Å². The zero-order valence-corrected chi connectivity index (χ0v) is 24.7. The summed E-state index contributed by atoms with van der Waals surface area (Å²) < 4.78 is 12.0. The van der Waals surface area contributed by atoms with Crippen LogP contribution in [0.4, 0.5) is 5.69 Å². The maximum atomic E-state index is 14.8. The second-order valence-corrected chi connectivity index (χ2v) is 12.4. The van der Waals surface area contributed by atoms with E-state index in [2.05, 4.69) is 29.1 Å². The Morgan fingerprint density at radius 3 is 2.51 bits per heavy atom.